The lowest BCUT2D eigenvalue weighted by Gasteiger charge is -2.38. The number of hydrogen-bond acceptors (Lipinski definition) is 2. The van der Waals surface area contributed by atoms with Gasteiger partial charge in [0.2, 0.25) is 0 Å². The van der Waals surface area contributed by atoms with Crippen molar-refractivity contribution in [2.24, 2.45) is 11.3 Å². The van der Waals surface area contributed by atoms with Gasteiger partial charge in [0, 0.05) is 5.41 Å². The molecule has 0 spiro atoms. The standard InChI is InChI=1S/C17H22O2/c1-11-9-14(18)4-5-15(11)12-7-8-17(2)13(10-12)3-6-16(17)19/h4-5,7,9,13,16,18-19H,3,6,8,10H2,1-2H3/t13?,16-,17-/m0/s1. The molecule has 1 fully saturated rings. The van der Waals surface area contributed by atoms with Gasteiger partial charge in [-0.2, -0.15) is 0 Å². The molecule has 3 atom stereocenters. The van der Waals surface area contributed by atoms with Gasteiger partial charge in [-0.15, -0.1) is 0 Å². The van der Waals surface area contributed by atoms with E-state index >= 15 is 0 Å². The molecule has 0 aromatic heterocycles. The van der Waals surface area contributed by atoms with Crippen LogP contribution in [0.1, 0.15) is 43.7 Å². The molecule has 1 aromatic carbocycles. The topological polar surface area (TPSA) is 40.5 Å². The van der Waals surface area contributed by atoms with Gasteiger partial charge < -0.3 is 10.2 Å². The van der Waals surface area contributed by atoms with Crippen LogP contribution in [0, 0.1) is 18.3 Å². The maximum atomic E-state index is 10.2. The van der Waals surface area contributed by atoms with Gasteiger partial charge >= 0.3 is 0 Å². The smallest absolute Gasteiger partial charge is 0.115 e. The minimum absolute atomic E-state index is 0.0777. The average molecular weight is 258 g/mol. The van der Waals surface area contributed by atoms with Gasteiger partial charge in [-0.1, -0.05) is 19.1 Å². The van der Waals surface area contributed by atoms with E-state index in [1.54, 1.807) is 6.07 Å². The van der Waals surface area contributed by atoms with Crippen molar-refractivity contribution in [3.05, 3.63) is 35.4 Å². The normalized spacial score (nSPS) is 33.9. The number of rotatable bonds is 1. The van der Waals surface area contributed by atoms with Crippen LogP contribution >= 0.6 is 0 Å². The highest BCUT2D eigenvalue weighted by atomic mass is 16.3. The number of allylic oxidation sites excluding steroid dienone is 2. The zero-order valence-corrected chi connectivity index (χ0v) is 11.7. The molecule has 3 rings (SSSR count). The number of phenols is 1. The molecule has 1 saturated carbocycles. The lowest BCUT2D eigenvalue weighted by molar-refractivity contribution is 0.0400. The summed E-state index contributed by atoms with van der Waals surface area (Å²) in [6.07, 6.45) is 6.25. The number of fused-ring (bicyclic) bond motifs is 1. The van der Waals surface area contributed by atoms with E-state index < -0.39 is 0 Å². The molecule has 0 heterocycles. The predicted octanol–water partition coefficient (Wildman–Crippen LogP) is 3.66. The Morgan fingerprint density at radius 3 is 2.79 bits per heavy atom. The fourth-order valence-electron chi connectivity index (χ4n) is 3.85. The molecule has 102 valence electrons. The summed E-state index contributed by atoms with van der Waals surface area (Å²) in [7, 11) is 0. The monoisotopic (exact) mass is 258 g/mol. The first-order valence-corrected chi connectivity index (χ1v) is 7.18. The summed E-state index contributed by atoms with van der Waals surface area (Å²) in [6, 6.07) is 5.61. The lowest BCUT2D eigenvalue weighted by atomic mass is 9.68. The highest BCUT2D eigenvalue weighted by Gasteiger charge is 2.46. The summed E-state index contributed by atoms with van der Waals surface area (Å²) in [4.78, 5) is 0. The maximum absolute atomic E-state index is 10.2. The third-order valence-electron chi connectivity index (χ3n) is 5.29. The molecule has 2 nitrogen and oxygen atoms in total. The highest BCUT2D eigenvalue weighted by molar-refractivity contribution is 5.70. The second-order valence-electron chi connectivity index (χ2n) is 6.43. The summed E-state index contributed by atoms with van der Waals surface area (Å²) in [5.41, 5.74) is 3.85. The molecule has 2 heteroatoms. The van der Waals surface area contributed by atoms with Crippen molar-refractivity contribution in [2.45, 2.75) is 45.6 Å². The summed E-state index contributed by atoms with van der Waals surface area (Å²) in [5.74, 6) is 0.925. The minimum Gasteiger partial charge on any atom is -0.508 e. The Bertz CT molecular complexity index is 532. The van der Waals surface area contributed by atoms with Gasteiger partial charge in [-0.25, -0.2) is 0 Å². The third kappa shape index (κ3) is 1.99. The van der Waals surface area contributed by atoms with E-state index in [-0.39, 0.29) is 11.5 Å². The third-order valence-corrected chi connectivity index (χ3v) is 5.29. The van der Waals surface area contributed by atoms with E-state index in [0.29, 0.717) is 11.7 Å². The van der Waals surface area contributed by atoms with E-state index in [1.165, 1.54) is 11.1 Å². The first-order valence-electron chi connectivity index (χ1n) is 7.18. The molecule has 0 radical (unpaired) electrons. The molecule has 1 aromatic rings. The van der Waals surface area contributed by atoms with Crippen molar-refractivity contribution in [1.82, 2.24) is 0 Å². The number of aryl methyl sites for hydroxylation is 1. The van der Waals surface area contributed by atoms with Gasteiger partial charge in [-0.05, 0) is 67.4 Å². The Hall–Kier alpha value is -1.28. The van der Waals surface area contributed by atoms with Crippen molar-refractivity contribution >= 4 is 5.57 Å². The van der Waals surface area contributed by atoms with Crippen LogP contribution in [0.15, 0.2) is 24.3 Å². The largest absolute Gasteiger partial charge is 0.508 e. The van der Waals surface area contributed by atoms with Crippen LogP contribution in [0.2, 0.25) is 0 Å². The van der Waals surface area contributed by atoms with Crippen LogP contribution in [0.4, 0.5) is 0 Å². The van der Waals surface area contributed by atoms with Gasteiger partial charge in [0.1, 0.15) is 5.75 Å². The number of aromatic hydroxyl groups is 1. The molecular weight excluding hydrogens is 236 g/mol. The number of aliphatic hydroxyl groups is 1. The fourth-order valence-corrected chi connectivity index (χ4v) is 3.85. The molecule has 0 amide bonds. The highest BCUT2D eigenvalue weighted by Crippen LogP contribution is 2.53. The Balaban J connectivity index is 1.92. The molecule has 19 heavy (non-hydrogen) atoms. The van der Waals surface area contributed by atoms with Crippen molar-refractivity contribution in [2.75, 3.05) is 0 Å². The fraction of sp³-hybridized carbons (Fsp3) is 0.529. The van der Waals surface area contributed by atoms with Crippen LogP contribution in [0.3, 0.4) is 0 Å². The first-order chi connectivity index (χ1) is 9.00. The minimum atomic E-state index is -0.142. The van der Waals surface area contributed by atoms with Crippen LogP contribution in [-0.4, -0.2) is 16.3 Å². The first kappa shape index (κ1) is 12.7. The zero-order chi connectivity index (χ0) is 13.6. The molecule has 2 N–H and O–H groups in total. The number of hydrogen-bond donors (Lipinski definition) is 2. The second kappa shape index (κ2) is 4.38. The number of phenolic OH excluding ortho intramolecular Hbond substituents is 1. The van der Waals surface area contributed by atoms with E-state index in [9.17, 15) is 10.2 Å². The Morgan fingerprint density at radius 2 is 2.05 bits per heavy atom. The SMILES string of the molecule is Cc1cc(O)ccc1C1=CC[C@@]2(C)C(CC[C@@H]2O)C1. The van der Waals surface area contributed by atoms with Crippen molar-refractivity contribution in [3.8, 4) is 5.75 Å². The molecular formula is C17H22O2. The summed E-state index contributed by atoms with van der Waals surface area (Å²) in [6.45, 7) is 4.28. The van der Waals surface area contributed by atoms with Gasteiger partial charge in [0.15, 0.2) is 0 Å². The quantitative estimate of drug-likeness (QED) is 0.807. The van der Waals surface area contributed by atoms with E-state index in [4.69, 9.17) is 0 Å². The van der Waals surface area contributed by atoms with E-state index in [1.807, 2.05) is 19.1 Å². The second-order valence-corrected chi connectivity index (χ2v) is 6.43. The van der Waals surface area contributed by atoms with Crippen LogP contribution in [0.25, 0.3) is 5.57 Å². The number of benzene rings is 1. The zero-order valence-electron chi connectivity index (χ0n) is 11.7. The Labute approximate surface area is 114 Å². The van der Waals surface area contributed by atoms with Gasteiger partial charge in [0.25, 0.3) is 0 Å². The lowest BCUT2D eigenvalue weighted by Crippen LogP contribution is -2.34. The van der Waals surface area contributed by atoms with Crippen molar-refractivity contribution in [3.63, 3.8) is 0 Å². The molecule has 1 unspecified atom stereocenters. The van der Waals surface area contributed by atoms with Gasteiger partial charge in [0.05, 0.1) is 6.10 Å². The predicted molar refractivity (Wildman–Crippen MR) is 76.9 cm³/mol. The van der Waals surface area contributed by atoms with Crippen molar-refractivity contribution in [1.29, 1.82) is 0 Å². The molecule has 0 aliphatic heterocycles. The average Bonchev–Trinajstić information content (AvgIpc) is 2.66. The Morgan fingerprint density at radius 1 is 1.26 bits per heavy atom. The number of aliphatic hydroxyl groups excluding tert-OH is 1. The van der Waals surface area contributed by atoms with Gasteiger partial charge in [-0.3, -0.25) is 0 Å². The molecule has 0 saturated heterocycles. The molecule has 0 bridgehead atoms. The van der Waals surface area contributed by atoms with Crippen molar-refractivity contribution < 1.29 is 10.2 Å². The van der Waals surface area contributed by atoms with Crippen LogP contribution < -0.4 is 0 Å². The Kier molecular flexibility index (Phi) is 2.94. The summed E-state index contributed by atoms with van der Waals surface area (Å²) >= 11 is 0. The van der Waals surface area contributed by atoms with Crippen LogP contribution in [-0.2, 0) is 0 Å². The maximum Gasteiger partial charge on any atom is 0.115 e. The van der Waals surface area contributed by atoms with Crippen LogP contribution in [0.5, 0.6) is 5.75 Å². The van der Waals surface area contributed by atoms with E-state index in [0.717, 1.165) is 31.2 Å². The van der Waals surface area contributed by atoms with E-state index in [2.05, 4.69) is 13.0 Å². The summed E-state index contributed by atoms with van der Waals surface area (Å²) in [5, 5.41) is 19.7. The molecule has 2 aliphatic rings. The summed E-state index contributed by atoms with van der Waals surface area (Å²) < 4.78 is 0. The molecule has 2 aliphatic carbocycles.